The maximum absolute atomic E-state index is 13.2. The zero-order valence-corrected chi connectivity index (χ0v) is 53.7. The van der Waals surface area contributed by atoms with Gasteiger partial charge in [-0.15, -0.1) is 0 Å². The van der Waals surface area contributed by atoms with Gasteiger partial charge >= 0.3 is 23.9 Å². The number of aliphatic carboxylic acids is 1. The van der Waals surface area contributed by atoms with Crippen molar-refractivity contribution in [3.8, 4) is 0 Å². The van der Waals surface area contributed by atoms with Crippen molar-refractivity contribution < 1.29 is 58.2 Å². The molecule has 1 heterocycles. The number of aliphatic hydroxyl groups excluding tert-OH is 2. The van der Waals surface area contributed by atoms with E-state index in [0.717, 1.165) is 89.9 Å². The van der Waals surface area contributed by atoms with E-state index in [1.54, 1.807) is 0 Å². The highest BCUT2D eigenvalue weighted by atomic mass is 16.7. The van der Waals surface area contributed by atoms with Crippen LogP contribution in [0.1, 0.15) is 342 Å². The molecular formula is C71H128O12. The van der Waals surface area contributed by atoms with Crippen LogP contribution >= 0.6 is 0 Å². The van der Waals surface area contributed by atoms with Gasteiger partial charge in [0.25, 0.3) is 0 Å². The molecule has 12 nitrogen and oxygen atoms in total. The van der Waals surface area contributed by atoms with E-state index in [2.05, 4.69) is 57.2 Å². The molecule has 0 bridgehead atoms. The summed E-state index contributed by atoms with van der Waals surface area (Å²) in [4.78, 5) is 51.4. The fraction of sp³-hybridized carbons (Fsp3) is 0.859. The van der Waals surface area contributed by atoms with Gasteiger partial charge in [-0.3, -0.25) is 14.4 Å². The molecule has 12 heteroatoms. The lowest BCUT2D eigenvalue weighted by atomic mass is 9.98. The molecule has 6 atom stereocenters. The molecule has 0 spiro atoms. The van der Waals surface area contributed by atoms with Crippen molar-refractivity contribution >= 4 is 23.9 Å². The monoisotopic (exact) mass is 1170 g/mol. The van der Waals surface area contributed by atoms with Crippen molar-refractivity contribution in [1.82, 2.24) is 0 Å². The first-order chi connectivity index (χ1) is 40.6. The highest BCUT2D eigenvalue weighted by Gasteiger charge is 2.50. The van der Waals surface area contributed by atoms with Gasteiger partial charge in [0.15, 0.2) is 24.6 Å². The van der Waals surface area contributed by atoms with Crippen LogP contribution in [-0.2, 0) is 42.9 Å². The highest BCUT2D eigenvalue weighted by molar-refractivity contribution is 5.74. The number of ether oxygens (including phenoxy) is 5. The Hall–Kier alpha value is -3.06. The summed E-state index contributed by atoms with van der Waals surface area (Å²) in [5.41, 5.74) is 0. The van der Waals surface area contributed by atoms with Crippen LogP contribution in [0, 0.1) is 0 Å². The minimum Gasteiger partial charge on any atom is -0.479 e. The van der Waals surface area contributed by atoms with E-state index < -0.39 is 67.3 Å². The number of carbonyl (C=O) groups is 4. The predicted molar refractivity (Wildman–Crippen MR) is 340 cm³/mol. The van der Waals surface area contributed by atoms with Gasteiger partial charge in [-0.05, 0) is 77.0 Å². The van der Waals surface area contributed by atoms with Crippen molar-refractivity contribution in [2.45, 2.75) is 379 Å². The van der Waals surface area contributed by atoms with Crippen molar-refractivity contribution in [1.29, 1.82) is 0 Å². The largest absolute Gasteiger partial charge is 0.479 e. The summed E-state index contributed by atoms with van der Waals surface area (Å²) in [6, 6.07) is 0. The summed E-state index contributed by atoms with van der Waals surface area (Å²) in [5.74, 6) is -3.10. The molecule has 1 aliphatic heterocycles. The average Bonchev–Trinajstić information content (AvgIpc) is 3.57. The summed E-state index contributed by atoms with van der Waals surface area (Å²) >= 11 is 0. The van der Waals surface area contributed by atoms with E-state index in [1.165, 1.54) is 193 Å². The number of aliphatic hydroxyl groups is 2. The molecule has 83 heavy (non-hydrogen) atoms. The summed E-state index contributed by atoms with van der Waals surface area (Å²) in [7, 11) is 0. The van der Waals surface area contributed by atoms with Crippen LogP contribution in [0.15, 0.2) is 36.5 Å². The number of hydrogen-bond acceptors (Lipinski definition) is 11. The zero-order valence-electron chi connectivity index (χ0n) is 53.7. The van der Waals surface area contributed by atoms with Crippen molar-refractivity contribution in [3.63, 3.8) is 0 Å². The quantitative estimate of drug-likeness (QED) is 0.0228. The molecule has 1 saturated heterocycles. The number of rotatable bonds is 61. The molecule has 3 N–H and O–H groups in total. The van der Waals surface area contributed by atoms with Crippen molar-refractivity contribution in [2.75, 3.05) is 13.2 Å². The maximum atomic E-state index is 13.2. The van der Waals surface area contributed by atoms with Crippen LogP contribution in [-0.4, -0.2) is 89.2 Å². The van der Waals surface area contributed by atoms with Gasteiger partial charge in [-0.2, -0.15) is 0 Å². The van der Waals surface area contributed by atoms with Crippen LogP contribution in [0.25, 0.3) is 0 Å². The Morgan fingerprint density at radius 1 is 0.398 bits per heavy atom. The van der Waals surface area contributed by atoms with Crippen LogP contribution in [0.2, 0.25) is 0 Å². The first-order valence-corrected chi connectivity index (χ1v) is 35.0. The Morgan fingerprint density at radius 3 is 1.12 bits per heavy atom. The first kappa shape index (κ1) is 78.0. The molecule has 0 aliphatic carbocycles. The molecule has 0 radical (unpaired) electrons. The molecule has 0 aromatic carbocycles. The Labute approximate surface area is 508 Å². The number of esters is 3. The van der Waals surface area contributed by atoms with Crippen LogP contribution in [0.5, 0.6) is 0 Å². The molecule has 1 rings (SSSR count). The lowest BCUT2D eigenvalue weighted by Crippen LogP contribution is -2.61. The number of carboxylic acids is 1. The predicted octanol–water partition coefficient (Wildman–Crippen LogP) is 19.1. The average molecular weight is 1170 g/mol. The third kappa shape index (κ3) is 48.7. The fourth-order valence-electron chi connectivity index (χ4n) is 10.8. The number of carboxylic acid groups (broad SMARTS) is 1. The standard InChI is InChI=1S/C71H128O12/c1-4-7-10-13-16-19-22-25-28-30-32-34-37-39-42-45-48-51-54-57-63(72)79-60-62(81-64(73)58-55-52-49-46-43-40-36-27-24-21-18-15-12-9-6-3)61-80-71-69(67(76)66(75)68(83-71)70(77)78)82-65(74)59-56-53-50-47-44-41-38-35-33-31-29-26-23-20-17-14-11-8-5-2/h16,19,25,27-28,36,62,66-69,71,75-76H,4-15,17-18,20-24,26,29-35,37-61H2,1-3H3,(H,77,78)/b19-16-,28-25-,36-27-. The van der Waals surface area contributed by atoms with Crippen LogP contribution < -0.4 is 0 Å². The number of hydrogen-bond donors (Lipinski definition) is 3. The SMILES string of the molecule is CCCCC/C=C\C/C=C\CCCCCCCCCCCC(=O)OCC(COC1OC(C(=O)O)C(O)C(O)C1OC(=O)CCCCCCCCCCCCCCCCCCCCC)OC(=O)CCCCCCC/C=C\CCCCCCCC. The van der Waals surface area contributed by atoms with E-state index in [1.807, 2.05) is 0 Å². The molecule has 0 aromatic rings. The molecule has 0 aromatic heterocycles. The topological polar surface area (TPSA) is 175 Å². The van der Waals surface area contributed by atoms with E-state index in [4.69, 9.17) is 23.7 Å². The lowest BCUT2D eigenvalue weighted by Gasteiger charge is -2.40. The van der Waals surface area contributed by atoms with Crippen molar-refractivity contribution in [2.24, 2.45) is 0 Å². The third-order valence-electron chi connectivity index (χ3n) is 16.2. The Kier molecular flexibility index (Phi) is 55.7. The molecule has 484 valence electrons. The Balaban J connectivity index is 2.61. The van der Waals surface area contributed by atoms with Gasteiger partial charge in [0.1, 0.15) is 18.8 Å². The minimum atomic E-state index is -1.90. The van der Waals surface area contributed by atoms with Gasteiger partial charge < -0.3 is 39.0 Å². The van der Waals surface area contributed by atoms with Gasteiger partial charge in [-0.25, -0.2) is 4.79 Å². The van der Waals surface area contributed by atoms with Gasteiger partial charge in [0.05, 0.1) is 6.61 Å². The number of unbranched alkanes of at least 4 members (excludes halogenated alkanes) is 41. The second-order valence-electron chi connectivity index (χ2n) is 24.2. The van der Waals surface area contributed by atoms with E-state index in [0.29, 0.717) is 19.3 Å². The second kappa shape index (κ2) is 59.3. The summed E-state index contributed by atoms with van der Waals surface area (Å²) in [6.45, 7) is 6.02. The third-order valence-corrected chi connectivity index (χ3v) is 16.2. The Morgan fingerprint density at radius 2 is 0.723 bits per heavy atom. The number of allylic oxidation sites excluding steroid dienone is 6. The normalized spacial score (nSPS) is 17.7. The minimum absolute atomic E-state index is 0.0655. The molecular weight excluding hydrogens is 1040 g/mol. The van der Waals surface area contributed by atoms with Gasteiger partial charge in [0.2, 0.25) is 0 Å². The second-order valence-corrected chi connectivity index (χ2v) is 24.2. The highest BCUT2D eigenvalue weighted by Crippen LogP contribution is 2.27. The summed E-state index contributed by atoms with van der Waals surface area (Å²) in [6.07, 6.45) is 59.5. The molecule has 1 aliphatic rings. The van der Waals surface area contributed by atoms with E-state index >= 15 is 0 Å². The summed E-state index contributed by atoms with van der Waals surface area (Å²) in [5, 5.41) is 31.7. The van der Waals surface area contributed by atoms with Gasteiger partial charge in [0, 0.05) is 19.3 Å². The summed E-state index contributed by atoms with van der Waals surface area (Å²) < 4.78 is 28.6. The number of carbonyl (C=O) groups excluding carboxylic acids is 3. The van der Waals surface area contributed by atoms with Crippen molar-refractivity contribution in [3.05, 3.63) is 36.5 Å². The van der Waals surface area contributed by atoms with E-state index in [-0.39, 0.29) is 25.9 Å². The Bertz CT molecular complexity index is 1580. The molecule has 0 amide bonds. The van der Waals surface area contributed by atoms with E-state index in [9.17, 15) is 34.5 Å². The molecule has 1 fully saturated rings. The fourth-order valence-corrected chi connectivity index (χ4v) is 10.8. The smallest absolute Gasteiger partial charge is 0.335 e. The first-order valence-electron chi connectivity index (χ1n) is 35.0. The van der Waals surface area contributed by atoms with Crippen LogP contribution in [0.4, 0.5) is 0 Å². The lowest BCUT2D eigenvalue weighted by molar-refractivity contribution is -0.301. The van der Waals surface area contributed by atoms with Gasteiger partial charge in [-0.1, -0.05) is 282 Å². The molecule has 0 saturated carbocycles. The molecule has 6 unspecified atom stereocenters. The zero-order chi connectivity index (χ0) is 60.3. The maximum Gasteiger partial charge on any atom is 0.335 e. The van der Waals surface area contributed by atoms with Crippen LogP contribution in [0.3, 0.4) is 0 Å².